The number of hydrogen-bond donors (Lipinski definition) is 1. The van der Waals surface area contributed by atoms with Crippen LogP contribution in [0.15, 0.2) is 28.7 Å². The van der Waals surface area contributed by atoms with E-state index >= 15 is 0 Å². The molecule has 1 atom stereocenters. The molecule has 1 N–H and O–H groups in total. The summed E-state index contributed by atoms with van der Waals surface area (Å²) < 4.78 is 6.06. The minimum absolute atomic E-state index is 0.237. The molecule has 1 aromatic carbocycles. The zero-order valence-corrected chi connectivity index (χ0v) is 10.7. The lowest BCUT2D eigenvalue weighted by Crippen LogP contribution is -2.47. The minimum Gasteiger partial charge on any atom is -0.548 e. The Kier molecular flexibility index (Phi) is 4.96. The van der Waals surface area contributed by atoms with E-state index in [1.165, 1.54) is 6.92 Å². The van der Waals surface area contributed by atoms with Gasteiger partial charge in [-0.05, 0) is 31.2 Å². The molecule has 0 bridgehead atoms. The third kappa shape index (κ3) is 4.86. The van der Waals surface area contributed by atoms with Crippen molar-refractivity contribution in [3.8, 4) is 5.75 Å². The molecular formula is C11H11BrNO4-. The first-order valence-electron chi connectivity index (χ1n) is 4.87. The van der Waals surface area contributed by atoms with Crippen molar-refractivity contribution in [3.05, 3.63) is 28.7 Å². The highest BCUT2D eigenvalue weighted by Gasteiger charge is 2.08. The van der Waals surface area contributed by atoms with Gasteiger partial charge in [-0.15, -0.1) is 0 Å². The number of carboxylic acids is 1. The maximum atomic E-state index is 11.3. The van der Waals surface area contributed by atoms with E-state index in [2.05, 4.69) is 21.2 Å². The van der Waals surface area contributed by atoms with Crippen LogP contribution in [0.2, 0.25) is 0 Å². The standard InChI is InChI=1S/C11H12BrNO4/c1-7(11(15)16)13-10(14)6-17-9-4-2-8(12)3-5-9/h2-5,7H,6H2,1H3,(H,13,14)(H,15,16)/p-1/t7-/m1/s1. The highest BCUT2D eigenvalue weighted by molar-refractivity contribution is 9.10. The maximum absolute atomic E-state index is 11.3. The van der Waals surface area contributed by atoms with E-state index in [9.17, 15) is 14.7 Å². The predicted octanol–water partition coefficient (Wildman–Crippen LogP) is 0.0825. The van der Waals surface area contributed by atoms with Gasteiger partial charge in [-0.2, -0.15) is 0 Å². The van der Waals surface area contributed by atoms with Gasteiger partial charge in [0.2, 0.25) is 0 Å². The Bertz CT molecular complexity index is 404. The van der Waals surface area contributed by atoms with Crippen molar-refractivity contribution in [2.75, 3.05) is 6.61 Å². The van der Waals surface area contributed by atoms with E-state index in [0.29, 0.717) is 5.75 Å². The summed E-state index contributed by atoms with van der Waals surface area (Å²) in [4.78, 5) is 21.6. The molecule has 0 aromatic heterocycles. The highest BCUT2D eigenvalue weighted by atomic mass is 79.9. The number of carboxylic acid groups (broad SMARTS) is 1. The molecule has 0 aliphatic heterocycles. The van der Waals surface area contributed by atoms with Crippen LogP contribution >= 0.6 is 15.9 Å². The number of amides is 1. The SMILES string of the molecule is C[C@@H](NC(=O)COc1ccc(Br)cc1)C(=O)[O-]. The Morgan fingerprint density at radius 1 is 1.41 bits per heavy atom. The molecule has 0 spiro atoms. The van der Waals surface area contributed by atoms with Crippen molar-refractivity contribution in [2.24, 2.45) is 0 Å². The highest BCUT2D eigenvalue weighted by Crippen LogP contribution is 2.15. The van der Waals surface area contributed by atoms with Crippen LogP contribution in [0.1, 0.15) is 6.92 Å². The van der Waals surface area contributed by atoms with E-state index in [4.69, 9.17) is 4.74 Å². The van der Waals surface area contributed by atoms with Gasteiger partial charge in [0.1, 0.15) is 5.75 Å². The van der Waals surface area contributed by atoms with Gasteiger partial charge in [0.15, 0.2) is 6.61 Å². The summed E-state index contributed by atoms with van der Waals surface area (Å²) in [5.41, 5.74) is 0. The molecule has 0 aliphatic carbocycles. The molecule has 1 aromatic rings. The fourth-order valence-electron chi connectivity index (χ4n) is 1.02. The second kappa shape index (κ2) is 6.24. The Labute approximate surface area is 107 Å². The van der Waals surface area contributed by atoms with Crippen molar-refractivity contribution in [2.45, 2.75) is 13.0 Å². The lowest BCUT2D eigenvalue weighted by Gasteiger charge is -2.14. The van der Waals surface area contributed by atoms with E-state index < -0.39 is 17.9 Å². The van der Waals surface area contributed by atoms with Crippen LogP contribution in [-0.4, -0.2) is 24.5 Å². The molecule has 0 fully saturated rings. The van der Waals surface area contributed by atoms with Crippen LogP contribution in [0, 0.1) is 0 Å². The summed E-state index contributed by atoms with van der Waals surface area (Å²) >= 11 is 3.27. The van der Waals surface area contributed by atoms with Crippen LogP contribution in [0.25, 0.3) is 0 Å². The zero-order valence-electron chi connectivity index (χ0n) is 9.10. The van der Waals surface area contributed by atoms with E-state index in [1.807, 2.05) is 0 Å². The van der Waals surface area contributed by atoms with Crippen molar-refractivity contribution >= 4 is 27.8 Å². The van der Waals surface area contributed by atoms with Gasteiger partial charge in [0, 0.05) is 4.47 Å². The summed E-state index contributed by atoms with van der Waals surface area (Å²) in [5.74, 6) is -1.31. The summed E-state index contributed by atoms with van der Waals surface area (Å²) in [6, 6.07) is 5.91. The molecule has 0 saturated carbocycles. The molecule has 5 nitrogen and oxygen atoms in total. The van der Waals surface area contributed by atoms with Crippen molar-refractivity contribution in [3.63, 3.8) is 0 Å². The predicted molar refractivity (Wildman–Crippen MR) is 62.2 cm³/mol. The monoisotopic (exact) mass is 300 g/mol. The van der Waals surface area contributed by atoms with Crippen LogP contribution < -0.4 is 15.2 Å². The number of halogens is 1. The molecule has 1 amide bonds. The number of rotatable bonds is 5. The number of ether oxygens (including phenoxy) is 1. The number of benzene rings is 1. The molecule has 92 valence electrons. The van der Waals surface area contributed by atoms with Gasteiger partial charge >= 0.3 is 0 Å². The number of carbonyl (C=O) groups excluding carboxylic acids is 2. The number of aliphatic carboxylic acids is 1. The summed E-state index contributed by atoms with van der Waals surface area (Å²) in [6.45, 7) is 1.09. The lowest BCUT2D eigenvalue weighted by atomic mass is 10.3. The average molecular weight is 301 g/mol. The second-order valence-corrected chi connectivity index (χ2v) is 4.27. The number of carbonyl (C=O) groups is 2. The van der Waals surface area contributed by atoms with Crippen LogP contribution in [-0.2, 0) is 9.59 Å². The second-order valence-electron chi connectivity index (χ2n) is 3.35. The van der Waals surface area contributed by atoms with Crippen LogP contribution in [0.3, 0.4) is 0 Å². The molecule has 17 heavy (non-hydrogen) atoms. The van der Waals surface area contributed by atoms with E-state index in [1.54, 1.807) is 24.3 Å². The molecule has 0 heterocycles. The van der Waals surface area contributed by atoms with Crippen LogP contribution in [0.5, 0.6) is 5.75 Å². The molecule has 0 saturated heterocycles. The van der Waals surface area contributed by atoms with E-state index in [-0.39, 0.29) is 6.61 Å². The normalized spacial score (nSPS) is 11.6. The van der Waals surface area contributed by atoms with Crippen molar-refractivity contribution in [1.29, 1.82) is 0 Å². The average Bonchev–Trinajstić information content (AvgIpc) is 2.28. The topological polar surface area (TPSA) is 78.5 Å². The summed E-state index contributed by atoms with van der Waals surface area (Å²) in [5, 5.41) is 12.6. The maximum Gasteiger partial charge on any atom is 0.258 e. The molecule has 6 heteroatoms. The van der Waals surface area contributed by atoms with Gasteiger partial charge in [-0.3, -0.25) is 4.79 Å². The third-order valence-electron chi connectivity index (χ3n) is 1.91. The lowest BCUT2D eigenvalue weighted by molar-refractivity contribution is -0.307. The Morgan fingerprint density at radius 2 is 2.00 bits per heavy atom. The first-order valence-corrected chi connectivity index (χ1v) is 5.67. The Balaban J connectivity index is 2.38. The molecule has 0 radical (unpaired) electrons. The van der Waals surface area contributed by atoms with Crippen molar-refractivity contribution < 1.29 is 19.4 Å². The Morgan fingerprint density at radius 3 is 2.53 bits per heavy atom. The Hall–Kier alpha value is -1.56. The first-order chi connectivity index (χ1) is 7.99. The van der Waals surface area contributed by atoms with E-state index in [0.717, 1.165) is 4.47 Å². The molecule has 0 unspecified atom stereocenters. The first kappa shape index (κ1) is 13.5. The summed E-state index contributed by atoms with van der Waals surface area (Å²) in [6.07, 6.45) is 0. The van der Waals surface area contributed by atoms with Gasteiger partial charge in [-0.1, -0.05) is 15.9 Å². The smallest absolute Gasteiger partial charge is 0.258 e. The van der Waals surface area contributed by atoms with Gasteiger partial charge in [-0.25, -0.2) is 0 Å². The number of hydrogen-bond acceptors (Lipinski definition) is 4. The number of nitrogens with one attached hydrogen (secondary N) is 1. The molecule has 1 rings (SSSR count). The summed E-state index contributed by atoms with van der Waals surface area (Å²) in [7, 11) is 0. The fraction of sp³-hybridized carbons (Fsp3) is 0.273. The molecule has 0 aliphatic rings. The zero-order chi connectivity index (χ0) is 12.8. The van der Waals surface area contributed by atoms with Crippen molar-refractivity contribution in [1.82, 2.24) is 5.32 Å². The van der Waals surface area contributed by atoms with Crippen LogP contribution in [0.4, 0.5) is 0 Å². The largest absolute Gasteiger partial charge is 0.548 e. The van der Waals surface area contributed by atoms with Gasteiger partial charge < -0.3 is 20.0 Å². The third-order valence-corrected chi connectivity index (χ3v) is 2.44. The van der Waals surface area contributed by atoms with Gasteiger partial charge in [0.05, 0.1) is 12.0 Å². The quantitative estimate of drug-likeness (QED) is 0.835. The van der Waals surface area contributed by atoms with Gasteiger partial charge in [0.25, 0.3) is 5.91 Å². The fourth-order valence-corrected chi connectivity index (χ4v) is 1.29. The minimum atomic E-state index is -1.33. The molecular weight excluding hydrogens is 290 g/mol.